The molecule has 8 atom stereocenters. The van der Waals surface area contributed by atoms with Crippen molar-refractivity contribution < 1.29 is 30.0 Å². The summed E-state index contributed by atoms with van der Waals surface area (Å²) in [5.74, 6) is -1.39. The Morgan fingerprint density at radius 3 is 2.58 bits per heavy atom. The minimum absolute atomic E-state index is 0.0322. The fourth-order valence-corrected chi connectivity index (χ4v) is 5.96. The summed E-state index contributed by atoms with van der Waals surface area (Å²) in [5, 5.41) is 41.2. The van der Waals surface area contributed by atoms with Crippen LogP contribution < -0.4 is 0 Å². The van der Waals surface area contributed by atoms with Crippen LogP contribution >= 0.6 is 0 Å². The smallest absolute Gasteiger partial charge is 0.314 e. The lowest BCUT2D eigenvalue weighted by Gasteiger charge is -2.60. The maximum atomic E-state index is 11.9. The van der Waals surface area contributed by atoms with Crippen LogP contribution in [-0.2, 0) is 9.53 Å². The number of rotatable bonds is 4. The molecule has 0 unspecified atom stereocenters. The Bertz CT molecular complexity index is 577. The highest BCUT2D eigenvalue weighted by Crippen LogP contribution is 2.61. The molecule has 0 aromatic heterocycles. The lowest BCUT2D eigenvalue weighted by Crippen LogP contribution is -2.58. The zero-order valence-corrected chi connectivity index (χ0v) is 15.7. The zero-order valence-electron chi connectivity index (χ0n) is 15.7. The van der Waals surface area contributed by atoms with E-state index in [4.69, 9.17) is 4.74 Å². The molecule has 0 bridgehead atoms. The van der Waals surface area contributed by atoms with Gasteiger partial charge in [0, 0.05) is 5.41 Å². The number of carbonyl (C=O) groups excluding carboxylic acids is 1. The maximum absolute atomic E-state index is 11.9. The van der Waals surface area contributed by atoms with Gasteiger partial charge in [-0.05, 0) is 49.4 Å². The molecule has 0 radical (unpaired) electrons. The molecule has 0 aromatic carbocycles. The molecule has 6 heteroatoms. The van der Waals surface area contributed by atoms with Gasteiger partial charge in [-0.15, -0.1) is 0 Å². The molecule has 2 aliphatic carbocycles. The molecular weight excluding hydrogens is 336 g/mol. The van der Waals surface area contributed by atoms with Crippen LogP contribution in [0, 0.1) is 28.6 Å². The van der Waals surface area contributed by atoms with E-state index in [-0.39, 0.29) is 30.5 Å². The van der Waals surface area contributed by atoms with Crippen LogP contribution in [0.4, 0.5) is 0 Å². The van der Waals surface area contributed by atoms with E-state index >= 15 is 0 Å². The van der Waals surface area contributed by atoms with E-state index in [9.17, 15) is 25.2 Å². The lowest BCUT2D eigenvalue weighted by atomic mass is 9.46. The van der Waals surface area contributed by atoms with Crippen molar-refractivity contribution in [3.63, 3.8) is 0 Å². The van der Waals surface area contributed by atoms with Crippen molar-refractivity contribution >= 4 is 5.97 Å². The van der Waals surface area contributed by atoms with Gasteiger partial charge in [-0.1, -0.05) is 26.0 Å². The third kappa shape index (κ3) is 2.91. The Morgan fingerprint density at radius 1 is 1.31 bits per heavy atom. The molecule has 1 saturated heterocycles. The van der Waals surface area contributed by atoms with E-state index in [1.807, 2.05) is 6.92 Å². The summed E-state index contributed by atoms with van der Waals surface area (Å²) in [4.78, 5) is 11.9. The van der Waals surface area contributed by atoms with Crippen LogP contribution in [0.3, 0.4) is 0 Å². The Balaban J connectivity index is 1.86. The van der Waals surface area contributed by atoms with Crippen molar-refractivity contribution in [3.05, 3.63) is 12.2 Å². The fourth-order valence-electron chi connectivity index (χ4n) is 5.96. The van der Waals surface area contributed by atoms with E-state index < -0.39 is 35.6 Å². The van der Waals surface area contributed by atoms with Gasteiger partial charge >= 0.3 is 5.97 Å². The average Bonchev–Trinajstić information content (AvgIpc) is 2.93. The van der Waals surface area contributed by atoms with E-state index in [0.717, 1.165) is 24.8 Å². The van der Waals surface area contributed by atoms with Crippen LogP contribution in [0.5, 0.6) is 0 Å². The molecule has 4 N–H and O–H groups in total. The number of cyclic esters (lactones) is 1. The first-order valence-electron chi connectivity index (χ1n) is 9.64. The van der Waals surface area contributed by atoms with Crippen molar-refractivity contribution in [3.8, 4) is 0 Å². The van der Waals surface area contributed by atoms with Gasteiger partial charge < -0.3 is 25.2 Å². The van der Waals surface area contributed by atoms with Crippen molar-refractivity contribution in [2.45, 2.75) is 64.3 Å². The van der Waals surface area contributed by atoms with Crippen molar-refractivity contribution in [2.24, 2.45) is 28.6 Å². The number of hydrogen-bond acceptors (Lipinski definition) is 6. The summed E-state index contributed by atoms with van der Waals surface area (Å²) in [7, 11) is 0. The third-order valence-corrected chi connectivity index (χ3v) is 7.67. The number of aliphatic hydroxyl groups excluding tert-OH is 4. The van der Waals surface area contributed by atoms with Crippen molar-refractivity contribution in [2.75, 3.05) is 13.2 Å². The third-order valence-electron chi connectivity index (χ3n) is 7.67. The molecule has 3 fully saturated rings. The van der Waals surface area contributed by atoms with Crippen LogP contribution in [-0.4, -0.2) is 57.9 Å². The lowest BCUT2D eigenvalue weighted by molar-refractivity contribution is -0.158. The van der Waals surface area contributed by atoms with Gasteiger partial charge in [-0.25, -0.2) is 0 Å². The van der Waals surface area contributed by atoms with E-state index in [0.29, 0.717) is 12.8 Å². The number of esters is 1. The molecule has 3 rings (SSSR count). The molecular formula is C20H32O6. The van der Waals surface area contributed by atoms with Gasteiger partial charge in [0.15, 0.2) is 0 Å². The van der Waals surface area contributed by atoms with Crippen LogP contribution in [0.15, 0.2) is 12.2 Å². The average molecular weight is 368 g/mol. The van der Waals surface area contributed by atoms with Gasteiger partial charge in [0.25, 0.3) is 0 Å². The topological polar surface area (TPSA) is 107 Å². The largest absolute Gasteiger partial charge is 0.463 e. The number of hydrogen-bond donors (Lipinski definition) is 4. The molecule has 0 amide bonds. The molecule has 1 heterocycles. The molecule has 3 aliphatic rings. The fraction of sp³-hybridized carbons (Fsp3) is 0.850. The number of fused-ring (bicyclic) bond motifs is 1. The van der Waals surface area contributed by atoms with Gasteiger partial charge in [-0.2, -0.15) is 0 Å². The molecule has 1 aliphatic heterocycles. The summed E-state index contributed by atoms with van der Waals surface area (Å²) in [6, 6.07) is 0. The standard InChI is InChI=1S/C20H32O6/c1-11-4-5-15-19(2,7-6-16(24)20(15,3)10-21)12(11)8-13(22)17-14(23)9-26-18(17)25/h12-17,21-24H,1,4-10H2,2-3H3/t12-,13-,14-,15+,16-,17-,19+,20+/m1/s1. The number of carbonyl (C=O) groups is 1. The normalized spacial score (nSPS) is 47.4. The zero-order chi connectivity index (χ0) is 19.3. The van der Waals surface area contributed by atoms with E-state index in [1.54, 1.807) is 0 Å². The highest BCUT2D eigenvalue weighted by molar-refractivity contribution is 5.75. The van der Waals surface area contributed by atoms with Crippen LogP contribution in [0.2, 0.25) is 0 Å². The highest BCUT2D eigenvalue weighted by Gasteiger charge is 2.58. The summed E-state index contributed by atoms with van der Waals surface area (Å²) >= 11 is 0. The van der Waals surface area contributed by atoms with Gasteiger partial charge in [0.05, 0.1) is 18.8 Å². The van der Waals surface area contributed by atoms with Crippen LogP contribution in [0.1, 0.15) is 46.0 Å². The molecule has 0 spiro atoms. The van der Waals surface area contributed by atoms with Crippen LogP contribution in [0.25, 0.3) is 0 Å². The Kier molecular flexibility index (Phi) is 5.25. The van der Waals surface area contributed by atoms with Gasteiger partial charge in [0.1, 0.15) is 18.6 Å². The number of allylic oxidation sites excluding steroid dienone is 1. The summed E-state index contributed by atoms with van der Waals surface area (Å²) < 4.78 is 4.87. The van der Waals surface area contributed by atoms with E-state index in [2.05, 4.69) is 13.5 Å². The second-order valence-electron chi connectivity index (χ2n) is 9.05. The minimum atomic E-state index is -0.996. The van der Waals surface area contributed by atoms with E-state index in [1.165, 1.54) is 0 Å². The predicted octanol–water partition coefficient (Wildman–Crippen LogP) is 1.01. The predicted molar refractivity (Wildman–Crippen MR) is 95.0 cm³/mol. The van der Waals surface area contributed by atoms with Crippen molar-refractivity contribution in [1.82, 2.24) is 0 Å². The maximum Gasteiger partial charge on any atom is 0.314 e. The Labute approximate surface area is 154 Å². The summed E-state index contributed by atoms with van der Waals surface area (Å²) in [5.41, 5.74) is 0.240. The Morgan fingerprint density at radius 2 is 2.00 bits per heavy atom. The minimum Gasteiger partial charge on any atom is -0.463 e. The van der Waals surface area contributed by atoms with Gasteiger partial charge in [0.2, 0.25) is 0 Å². The highest BCUT2D eigenvalue weighted by atomic mass is 16.6. The first-order chi connectivity index (χ1) is 12.1. The van der Waals surface area contributed by atoms with Gasteiger partial charge in [-0.3, -0.25) is 4.79 Å². The second-order valence-corrected chi connectivity index (χ2v) is 9.05. The molecule has 6 nitrogen and oxygen atoms in total. The number of ether oxygens (including phenoxy) is 1. The first-order valence-corrected chi connectivity index (χ1v) is 9.64. The summed E-state index contributed by atoms with van der Waals surface area (Å²) in [6.07, 6.45) is 0.815. The quantitative estimate of drug-likeness (QED) is 0.436. The van der Waals surface area contributed by atoms with Crippen molar-refractivity contribution in [1.29, 1.82) is 0 Å². The summed E-state index contributed by atoms with van der Waals surface area (Å²) in [6.45, 7) is 8.18. The molecule has 26 heavy (non-hydrogen) atoms. The SMILES string of the molecule is C=C1CC[C@@H]2[C@](C)(CO)[C@H](O)CC[C@@]2(C)[C@@H]1C[C@@H](O)[C@H]1C(=O)OC[C@H]1O. The Hall–Kier alpha value is -0.950. The second kappa shape index (κ2) is 6.89. The molecule has 148 valence electrons. The monoisotopic (exact) mass is 368 g/mol. The molecule has 2 saturated carbocycles. The number of aliphatic hydroxyl groups is 4. The molecule has 0 aromatic rings. The first kappa shape index (κ1) is 19.8.